The van der Waals surface area contributed by atoms with E-state index in [1.54, 1.807) is 24.0 Å². The number of esters is 1. The number of amides is 2. The largest absolute Gasteiger partial charge is 0.466 e. The summed E-state index contributed by atoms with van der Waals surface area (Å²) in [6.07, 6.45) is 2.34. The summed E-state index contributed by atoms with van der Waals surface area (Å²) >= 11 is 6.11. The van der Waals surface area contributed by atoms with Gasteiger partial charge in [0.2, 0.25) is 5.91 Å². The normalized spacial score (nSPS) is 20.2. The zero-order chi connectivity index (χ0) is 29.1. The number of piperidine rings is 1. The van der Waals surface area contributed by atoms with Gasteiger partial charge < -0.3 is 19.4 Å². The molecule has 3 atom stereocenters. The Kier molecular flexibility index (Phi) is 8.64. The van der Waals surface area contributed by atoms with E-state index in [0.29, 0.717) is 30.2 Å². The lowest BCUT2D eigenvalue weighted by atomic mass is 9.89. The number of para-hydroxylation sites is 1. The second kappa shape index (κ2) is 12.4. The highest BCUT2D eigenvalue weighted by Crippen LogP contribution is 2.43. The van der Waals surface area contributed by atoms with E-state index in [0.717, 1.165) is 42.0 Å². The number of nitrogens with zero attached hydrogens (tertiary/aromatic N) is 3. The minimum atomic E-state index is -0.224. The lowest BCUT2D eigenvalue weighted by molar-refractivity contribution is -0.148. The lowest BCUT2D eigenvalue weighted by Gasteiger charge is -2.43. The van der Waals surface area contributed by atoms with Crippen molar-refractivity contribution in [2.45, 2.75) is 52.1 Å². The van der Waals surface area contributed by atoms with Crippen molar-refractivity contribution in [2.75, 3.05) is 34.4 Å². The predicted molar refractivity (Wildman–Crippen MR) is 163 cm³/mol. The zero-order valence-electron chi connectivity index (χ0n) is 23.8. The van der Waals surface area contributed by atoms with Crippen LogP contribution in [0.4, 0.5) is 17.1 Å². The zero-order valence-corrected chi connectivity index (χ0v) is 24.5. The maximum Gasteiger partial charge on any atom is 0.310 e. The topological polar surface area (TPSA) is 70.2 Å². The molecule has 8 heteroatoms. The third-order valence-electron chi connectivity index (χ3n) is 8.06. The minimum absolute atomic E-state index is 0.0717. The summed E-state index contributed by atoms with van der Waals surface area (Å²) in [5.41, 5.74) is 4.08. The standard InChI is InChI=1S/C33H36ClN3O4/c1-4-41-33(40)25-8-7-19-35(21-25)27-15-11-24(12-16-27)32(39)36-22(2)20-31(29-9-5-6-10-30(29)36)37(23(3)38)28-17-13-26(34)14-18-28/h5-6,9-18,22,25,31H,4,7-8,19-21H2,1-3H3. The van der Waals surface area contributed by atoms with Gasteiger partial charge in [0.15, 0.2) is 0 Å². The smallest absolute Gasteiger partial charge is 0.310 e. The number of hydrogen-bond donors (Lipinski definition) is 0. The van der Waals surface area contributed by atoms with E-state index in [-0.39, 0.29) is 35.8 Å². The van der Waals surface area contributed by atoms with Gasteiger partial charge in [0.25, 0.3) is 5.91 Å². The number of carbonyl (C=O) groups excluding carboxylic acids is 3. The molecule has 41 heavy (non-hydrogen) atoms. The monoisotopic (exact) mass is 573 g/mol. The number of halogens is 1. The maximum atomic E-state index is 13.9. The van der Waals surface area contributed by atoms with E-state index in [2.05, 4.69) is 4.90 Å². The molecule has 1 fully saturated rings. The molecule has 0 saturated carbocycles. The van der Waals surface area contributed by atoms with Crippen LogP contribution in [0.3, 0.4) is 0 Å². The van der Waals surface area contributed by atoms with E-state index in [1.807, 2.05) is 79.4 Å². The number of ether oxygens (including phenoxy) is 1. The van der Waals surface area contributed by atoms with Gasteiger partial charge in [0.05, 0.1) is 18.6 Å². The minimum Gasteiger partial charge on any atom is -0.466 e. The molecule has 0 N–H and O–H groups in total. The van der Waals surface area contributed by atoms with Crippen LogP contribution in [0, 0.1) is 5.92 Å². The Bertz CT molecular complexity index is 1410. The van der Waals surface area contributed by atoms with Gasteiger partial charge in [-0.15, -0.1) is 0 Å². The van der Waals surface area contributed by atoms with Gasteiger partial charge in [0.1, 0.15) is 0 Å². The Balaban J connectivity index is 1.39. The maximum absolute atomic E-state index is 13.9. The van der Waals surface area contributed by atoms with Crippen LogP contribution in [0.1, 0.15) is 62.0 Å². The fourth-order valence-corrected chi connectivity index (χ4v) is 6.26. The van der Waals surface area contributed by atoms with E-state index in [4.69, 9.17) is 16.3 Å². The molecular weight excluding hydrogens is 538 g/mol. The lowest BCUT2D eigenvalue weighted by Crippen LogP contribution is -2.47. The summed E-state index contributed by atoms with van der Waals surface area (Å²) in [4.78, 5) is 45.0. The Morgan fingerprint density at radius 1 is 1.00 bits per heavy atom. The molecule has 2 heterocycles. The average molecular weight is 574 g/mol. The number of carbonyl (C=O) groups is 3. The fourth-order valence-electron chi connectivity index (χ4n) is 6.14. The molecule has 3 aromatic rings. The van der Waals surface area contributed by atoms with Crippen LogP contribution < -0.4 is 14.7 Å². The van der Waals surface area contributed by atoms with Gasteiger partial charge in [-0.3, -0.25) is 14.4 Å². The Morgan fingerprint density at radius 3 is 2.39 bits per heavy atom. The molecule has 0 radical (unpaired) electrons. The van der Waals surface area contributed by atoms with Crippen LogP contribution in [-0.4, -0.2) is 43.5 Å². The summed E-state index contributed by atoms with van der Waals surface area (Å²) in [5.74, 6) is -0.429. The summed E-state index contributed by atoms with van der Waals surface area (Å²) in [6, 6.07) is 22.4. The van der Waals surface area contributed by atoms with E-state index in [1.165, 1.54) is 0 Å². The van der Waals surface area contributed by atoms with Gasteiger partial charge in [-0.2, -0.15) is 0 Å². The van der Waals surface area contributed by atoms with Crippen LogP contribution in [0.25, 0.3) is 0 Å². The highest BCUT2D eigenvalue weighted by molar-refractivity contribution is 6.30. The van der Waals surface area contributed by atoms with Gasteiger partial charge in [-0.1, -0.05) is 29.8 Å². The molecule has 3 aromatic carbocycles. The molecule has 7 nitrogen and oxygen atoms in total. The molecule has 5 rings (SSSR count). The van der Waals surface area contributed by atoms with Crippen LogP contribution in [0.5, 0.6) is 0 Å². The van der Waals surface area contributed by atoms with Crippen molar-refractivity contribution in [2.24, 2.45) is 5.92 Å². The van der Waals surface area contributed by atoms with Gasteiger partial charge in [0, 0.05) is 53.7 Å². The number of anilines is 3. The highest BCUT2D eigenvalue weighted by Gasteiger charge is 2.38. The molecule has 0 bridgehead atoms. The second-order valence-corrected chi connectivity index (χ2v) is 11.2. The van der Waals surface area contributed by atoms with Gasteiger partial charge >= 0.3 is 5.97 Å². The molecular formula is C33H36ClN3O4. The summed E-state index contributed by atoms with van der Waals surface area (Å²) in [7, 11) is 0. The van der Waals surface area contributed by atoms with Crippen LogP contribution >= 0.6 is 11.6 Å². The Hall–Kier alpha value is -3.84. The molecule has 214 valence electrons. The number of hydrogen-bond acceptors (Lipinski definition) is 5. The molecule has 2 amide bonds. The molecule has 0 spiro atoms. The van der Waals surface area contributed by atoms with Gasteiger partial charge in [-0.05, 0) is 93.3 Å². The first-order chi connectivity index (χ1) is 19.8. The van der Waals surface area contributed by atoms with Crippen molar-refractivity contribution in [3.63, 3.8) is 0 Å². The quantitative estimate of drug-likeness (QED) is 0.309. The van der Waals surface area contributed by atoms with E-state index >= 15 is 0 Å². The van der Waals surface area contributed by atoms with E-state index in [9.17, 15) is 14.4 Å². The first-order valence-electron chi connectivity index (χ1n) is 14.3. The van der Waals surface area contributed by atoms with Gasteiger partial charge in [-0.25, -0.2) is 0 Å². The second-order valence-electron chi connectivity index (χ2n) is 10.8. The molecule has 2 aliphatic rings. The van der Waals surface area contributed by atoms with Crippen molar-refractivity contribution in [3.8, 4) is 0 Å². The van der Waals surface area contributed by atoms with E-state index < -0.39 is 0 Å². The average Bonchev–Trinajstić information content (AvgIpc) is 2.98. The molecule has 1 saturated heterocycles. The molecule has 2 aliphatic heterocycles. The SMILES string of the molecule is CCOC(=O)C1CCCN(c2ccc(C(=O)N3c4ccccc4C(N(C(C)=O)c4ccc(Cl)cc4)CC3C)cc2)C1. The number of benzene rings is 3. The molecule has 0 aliphatic carbocycles. The third-order valence-corrected chi connectivity index (χ3v) is 8.31. The van der Waals surface area contributed by atoms with Crippen LogP contribution in [0.15, 0.2) is 72.8 Å². The molecule has 0 aromatic heterocycles. The first kappa shape index (κ1) is 28.7. The Morgan fingerprint density at radius 2 is 1.71 bits per heavy atom. The third kappa shape index (κ3) is 5.96. The highest BCUT2D eigenvalue weighted by atomic mass is 35.5. The van der Waals surface area contributed by atoms with Crippen molar-refractivity contribution in [3.05, 3.63) is 88.9 Å². The fraction of sp³-hybridized carbons (Fsp3) is 0.364. The number of rotatable bonds is 6. The summed E-state index contributed by atoms with van der Waals surface area (Å²) in [6.45, 7) is 7.29. The molecule has 3 unspecified atom stereocenters. The van der Waals surface area contributed by atoms with Crippen molar-refractivity contribution >= 4 is 46.4 Å². The summed E-state index contributed by atoms with van der Waals surface area (Å²) < 4.78 is 5.24. The Labute approximate surface area is 246 Å². The van der Waals surface area contributed by atoms with Crippen LogP contribution in [0.2, 0.25) is 5.02 Å². The van der Waals surface area contributed by atoms with Crippen molar-refractivity contribution in [1.82, 2.24) is 0 Å². The summed E-state index contributed by atoms with van der Waals surface area (Å²) in [5, 5.41) is 0.608. The number of fused-ring (bicyclic) bond motifs is 1. The predicted octanol–water partition coefficient (Wildman–Crippen LogP) is 6.65. The van der Waals surface area contributed by atoms with Crippen LogP contribution in [-0.2, 0) is 14.3 Å². The first-order valence-corrected chi connectivity index (χ1v) is 14.7. The van der Waals surface area contributed by atoms with Crippen molar-refractivity contribution < 1.29 is 19.1 Å². The van der Waals surface area contributed by atoms with Crippen molar-refractivity contribution in [1.29, 1.82) is 0 Å².